The van der Waals surface area contributed by atoms with Gasteiger partial charge in [0.05, 0.1) is 6.61 Å². The zero-order valence-electron chi connectivity index (χ0n) is 8.84. The number of aliphatic hydroxyl groups is 2. The minimum atomic E-state index is -4.93. The molecule has 1 aromatic carbocycles. The molecule has 0 amide bonds. The Kier molecular flexibility index (Phi) is 4.47. The summed E-state index contributed by atoms with van der Waals surface area (Å²) in [5.41, 5.74) is -0.0891. The molecule has 0 radical (unpaired) electrons. The fourth-order valence-electron chi connectivity index (χ4n) is 1.10. The lowest BCUT2D eigenvalue weighted by Gasteiger charge is -2.16. The molecular weight excluding hydrogens is 263 g/mol. The van der Waals surface area contributed by atoms with Gasteiger partial charge in [-0.2, -0.15) is 13.2 Å². The molecule has 0 bridgehead atoms. The molecule has 0 aliphatic heterocycles. The van der Waals surface area contributed by atoms with E-state index in [0.29, 0.717) is 0 Å². The Hall–Kier alpha value is -1.41. The predicted octanol–water partition coefficient (Wildman–Crippen LogP) is 1.76. The smallest absolute Gasteiger partial charge is 0.417 e. The van der Waals surface area contributed by atoms with E-state index in [9.17, 15) is 22.0 Å². The number of ether oxygens (including phenoxy) is 1. The van der Waals surface area contributed by atoms with Crippen molar-refractivity contribution in [2.45, 2.75) is 18.9 Å². The fourth-order valence-corrected chi connectivity index (χ4v) is 1.10. The molecule has 0 saturated heterocycles. The van der Waals surface area contributed by atoms with Gasteiger partial charge in [0.15, 0.2) is 23.5 Å². The second-order valence-corrected chi connectivity index (χ2v) is 3.42. The number of rotatable bonds is 4. The summed E-state index contributed by atoms with van der Waals surface area (Å²) in [6.45, 7) is -1.95. The summed E-state index contributed by atoms with van der Waals surface area (Å²) in [4.78, 5) is 0. The molecule has 18 heavy (non-hydrogen) atoms. The first kappa shape index (κ1) is 14.7. The van der Waals surface area contributed by atoms with Crippen LogP contribution in [0.2, 0.25) is 0 Å². The van der Waals surface area contributed by atoms with Crippen LogP contribution < -0.4 is 4.74 Å². The molecule has 3 nitrogen and oxygen atoms in total. The Morgan fingerprint density at radius 3 is 2.06 bits per heavy atom. The van der Waals surface area contributed by atoms with Crippen LogP contribution in [-0.4, -0.2) is 29.1 Å². The molecule has 0 aliphatic rings. The molecule has 0 spiro atoms. The van der Waals surface area contributed by atoms with E-state index in [1.54, 1.807) is 0 Å². The highest BCUT2D eigenvalue weighted by Crippen LogP contribution is 2.25. The highest BCUT2D eigenvalue weighted by Gasteiger charge is 2.39. The quantitative estimate of drug-likeness (QED) is 0.821. The van der Waals surface area contributed by atoms with Crippen molar-refractivity contribution in [3.63, 3.8) is 0 Å². The second kappa shape index (κ2) is 5.49. The van der Waals surface area contributed by atoms with Crippen molar-refractivity contribution in [3.8, 4) is 5.75 Å². The Labute approximate surface area is 98.4 Å². The van der Waals surface area contributed by atoms with Crippen molar-refractivity contribution in [2.24, 2.45) is 0 Å². The normalized spacial score (nSPS) is 13.5. The minimum absolute atomic E-state index is 0.0891. The molecule has 0 aliphatic carbocycles. The van der Waals surface area contributed by atoms with E-state index in [-0.39, 0.29) is 5.56 Å². The standard InChI is InChI=1S/C10H9F5O3/c11-6-1-5(3-16)2-7(12)9(6)18-4-8(17)10(13,14)15/h1-2,8,16-17H,3-4H2. The molecule has 1 rings (SSSR count). The third-order valence-corrected chi connectivity index (χ3v) is 2.00. The molecular formula is C10H9F5O3. The van der Waals surface area contributed by atoms with Crippen LogP contribution >= 0.6 is 0 Å². The van der Waals surface area contributed by atoms with Gasteiger partial charge in [-0.3, -0.25) is 0 Å². The SMILES string of the molecule is OCc1cc(F)c(OCC(O)C(F)(F)F)c(F)c1. The van der Waals surface area contributed by atoms with Gasteiger partial charge in [-0.15, -0.1) is 0 Å². The number of aliphatic hydroxyl groups excluding tert-OH is 2. The van der Waals surface area contributed by atoms with E-state index in [1.807, 2.05) is 0 Å². The molecule has 0 heterocycles. The topological polar surface area (TPSA) is 49.7 Å². The highest BCUT2D eigenvalue weighted by molar-refractivity contribution is 5.31. The largest absolute Gasteiger partial charge is 0.484 e. The van der Waals surface area contributed by atoms with E-state index in [1.165, 1.54) is 0 Å². The molecule has 1 unspecified atom stereocenters. The summed E-state index contributed by atoms with van der Waals surface area (Å²) in [6.07, 6.45) is -7.77. The van der Waals surface area contributed by atoms with Crippen LogP contribution in [0.4, 0.5) is 22.0 Å². The van der Waals surface area contributed by atoms with Crippen molar-refractivity contribution in [3.05, 3.63) is 29.3 Å². The van der Waals surface area contributed by atoms with Crippen LogP contribution in [0.1, 0.15) is 5.56 Å². The Morgan fingerprint density at radius 2 is 1.67 bits per heavy atom. The Morgan fingerprint density at radius 1 is 1.17 bits per heavy atom. The molecule has 0 aromatic heterocycles. The van der Waals surface area contributed by atoms with Crippen LogP contribution in [-0.2, 0) is 6.61 Å². The van der Waals surface area contributed by atoms with Gasteiger partial charge >= 0.3 is 6.18 Å². The van der Waals surface area contributed by atoms with Gasteiger partial charge in [0.2, 0.25) is 0 Å². The van der Waals surface area contributed by atoms with Gasteiger partial charge in [-0.1, -0.05) is 0 Å². The maximum Gasteiger partial charge on any atom is 0.417 e. The minimum Gasteiger partial charge on any atom is -0.484 e. The van der Waals surface area contributed by atoms with Gasteiger partial charge < -0.3 is 14.9 Å². The molecule has 2 N–H and O–H groups in total. The number of benzene rings is 1. The lowest BCUT2D eigenvalue weighted by Crippen LogP contribution is -2.34. The third kappa shape index (κ3) is 3.54. The van der Waals surface area contributed by atoms with E-state index in [2.05, 4.69) is 4.74 Å². The maximum absolute atomic E-state index is 13.2. The van der Waals surface area contributed by atoms with Crippen molar-refractivity contribution >= 4 is 0 Å². The average molecular weight is 272 g/mol. The molecule has 1 aromatic rings. The summed E-state index contributed by atoms with van der Waals surface area (Å²) in [6, 6.07) is 1.44. The fraction of sp³-hybridized carbons (Fsp3) is 0.400. The molecule has 102 valence electrons. The summed E-state index contributed by atoms with van der Waals surface area (Å²) in [5, 5.41) is 17.2. The summed E-state index contributed by atoms with van der Waals surface area (Å²) < 4.78 is 66.4. The highest BCUT2D eigenvalue weighted by atomic mass is 19.4. The molecule has 8 heteroatoms. The number of hydrogen-bond donors (Lipinski definition) is 2. The lowest BCUT2D eigenvalue weighted by atomic mass is 10.2. The summed E-state index contributed by atoms with van der Waals surface area (Å²) >= 11 is 0. The van der Waals surface area contributed by atoms with Crippen molar-refractivity contribution < 1.29 is 36.9 Å². The number of halogens is 5. The van der Waals surface area contributed by atoms with E-state index >= 15 is 0 Å². The van der Waals surface area contributed by atoms with Crippen LogP contribution in [0.3, 0.4) is 0 Å². The first-order valence-electron chi connectivity index (χ1n) is 4.72. The van der Waals surface area contributed by atoms with Gasteiger partial charge in [-0.05, 0) is 17.7 Å². The van der Waals surface area contributed by atoms with Crippen LogP contribution in [0.15, 0.2) is 12.1 Å². The molecule has 1 atom stereocenters. The zero-order chi connectivity index (χ0) is 13.9. The van der Waals surface area contributed by atoms with Crippen molar-refractivity contribution in [1.82, 2.24) is 0 Å². The predicted molar refractivity (Wildman–Crippen MR) is 49.8 cm³/mol. The van der Waals surface area contributed by atoms with Gasteiger partial charge in [0.25, 0.3) is 0 Å². The summed E-state index contributed by atoms with van der Waals surface area (Å²) in [5.74, 6) is -3.54. The number of alkyl halides is 3. The monoisotopic (exact) mass is 272 g/mol. The zero-order valence-corrected chi connectivity index (χ0v) is 8.84. The van der Waals surface area contributed by atoms with Crippen LogP contribution in [0, 0.1) is 11.6 Å². The number of hydrogen-bond acceptors (Lipinski definition) is 3. The van der Waals surface area contributed by atoms with Crippen molar-refractivity contribution in [2.75, 3.05) is 6.61 Å². The van der Waals surface area contributed by atoms with Crippen molar-refractivity contribution in [1.29, 1.82) is 0 Å². The lowest BCUT2D eigenvalue weighted by molar-refractivity contribution is -0.211. The van der Waals surface area contributed by atoms with Gasteiger partial charge in [0.1, 0.15) is 6.61 Å². The van der Waals surface area contributed by atoms with E-state index < -0.39 is 42.9 Å². The molecule has 0 fully saturated rings. The van der Waals surface area contributed by atoms with Crippen LogP contribution in [0.5, 0.6) is 5.75 Å². The molecule has 0 saturated carbocycles. The average Bonchev–Trinajstić information content (AvgIpc) is 2.25. The van der Waals surface area contributed by atoms with Gasteiger partial charge in [0, 0.05) is 0 Å². The van der Waals surface area contributed by atoms with Crippen LogP contribution in [0.25, 0.3) is 0 Å². The summed E-state index contributed by atoms with van der Waals surface area (Å²) in [7, 11) is 0. The van der Waals surface area contributed by atoms with Gasteiger partial charge in [-0.25, -0.2) is 8.78 Å². The Bertz CT molecular complexity index is 395. The third-order valence-electron chi connectivity index (χ3n) is 2.00. The maximum atomic E-state index is 13.2. The Balaban J connectivity index is 2.80. The second-order valence-electron chi connectivity index (χ2n) is 3.42. The van der Waals surface area contributed by atoms with E-state index in [4.69, 9.17) is 10.2 Å². The van der Waals surface area contributed by atoms with E-state index in [0.717, 1.165) is 12.1 Å². The first-order chi connectivity index (χ1) is 8.25. The first-order valence-corrected chi connectivity index (χ1v) is 4.72.